The Balaban J connectivity index is 1.86. The van der Waals surface area contributed by atoms with E-state index in [-0.39, 0.29) is 17.2 Å². The highest BCUT2D eigenvalue weighted by molar-refractivity contribution is 6.12. The van der Waals surface area contributed by atoms with Crippen molar-refractivity contribution in [1.82, 2.24) is 0 Å². The van der Waals surface area contributed by atoms with Crippen molar-refractivity contribution in [1.29, 1.82) is 0 Å². The number of esters is 1. The normalized spacial score (nSPS) is 15.1. The largest absolute Gasteiger partial charge is 0.497 e. The molecule has 0 bridgehead atoms. The summed E-state index contributed by atoms with van der Waals surface area (Å²) in [5.74, 6) is -0.647. The van der Waals surface area contributed by atoms with E-state index in [0.29, 0.717) is 16.9 Å². The molecule has 1 aliphatic rings. The molecule has 0 atom stereocenters. The van der Waals surface area contributed by atoms with Crippen LogP contribution >= 0.6 is 0 Å². The van der Waals surface area contributed by atoms with E-state index in [0.717, 1.165) is 0 Å². The molecule has 6 heteroatoms. The third-order valence-electron chi connectivity index (χ3n) is 3.42. The van der Waals surface area contributed by atoms with Crippen LogP contribution in [0.4, 0.5) is 0 Å². The van der Waals surface area contributed by atoms with Gasteiger partial charge in [0.2, 0.25) is 5.90 Å². The molecule has 0 amide bonds. The fourth-order valence-electron chi connectivity index (χ4n) is 2.15. The number of hydrogen-bond acceptors (Lipinski definition) is 5. The fourth-order valence-corrected chi connectivity index (χ4v) is 2.15. The number of methoxy groups -OCH3 is 1. The number of carbonyl (C=O) groups is 2. The summed E-state index contributed by atoms with van der Waals surface area (Å²) in [6, 6.07) is 13.1. The summed E-state index contributed by atoms with van der Waals surface area (Å²) in [5, 5.41) is 8.88. The summed E-state index contributed by atoms with van der Waals surface area (Å²) in [6.07, 6.45) is 1.55. The van der Waals surface area contributed by atoms with Crippen molar-refractivity contribution in [3.05, 3.63) is 70.9 Å². The molecular weight excluding hydrogens is 310 g/mol. The van der Waals surface area contributed by atoms with Crippen molar-refractivity contribution in [3.63, 3.8) is 0 Å². The van der Waals surface area contributed by atoms with Gasteiger partial charge in [0.15, 0.2) is 5.70 Å². The number of hydrogen-bond donors (Lipinski definition) is 1. The standard InChI is InChI=1S/C18H13NO5/c1-23-14-8-6-12(7-9-14)16-19-15(18(22)24-16)10-11-2-4-13(5-3-11)17(20)21/h2-10H,1H3,(H,20,21)/b15-10-. The third-order valence-corrected chi connectivity index (χ3v) is 3.42. The Kier molecular flexibility index (Phi) is 4.11. The van der Waals surface area contributed by atoms with E-state index in [1.165, 1.54) is 12.1 Å². The van der Waals surface area contributed by atoms with Crippen molar-refractivity contribution >= 4 is 23.9 Å². The molecule has 1 N–H and O–H groups in total. The summed E-state index contributed by atoms with van der Waals surface area (Å²) >= 11 is 0. The van der Waals surface area contributed by atoms with Gasteiger partial charge in [-0.25, -0.2) is 14.6 Å². The Morgan fingerprint density at radius 3 is 2.38 bits per heavy atom. The van der Waals surface area contributed by atoms with E-state index >= 15 is 0 Å². The summed E-state index contributed by atoms with van der Waals surface area (Å²) in [5.41, 5.74) is 1.65. The molecule has 0 saturated carbocycles. The summed E-state index contributed by atoms with van der Waals surface area (Å²) in [6.45, 7) is 0. The Labute approximate surface area is 137 Å². The summed E-state index contributed by atoms with van der Waals surface area (Å²) in [7, 11) is 1.57. The van der Waals surface area contributed by atoms with Gasteiger partial charge in [0.05, 0.1) is 12.7 Å². The SMILES string of the molecule is COc1ccc(C2=N/C(=C\c3ccc(C(=O)O)cc3)C(=O)O2)cc1. The number of carboxylic acids is 1. The number of carboxylic acid groups (broad SMARTS) is 1. The molecule has 0 aliphatic carbocycles. The first kappa shape index (κ1) is 15.5. The first-order valence-corrected chi connectivity index (χ1v) is 7.07. The van der Waals surface area contributed by atoms with E-state index in [2.05, 4.69) is 4.99 Å². The van der Waals surface area contributed by atoms with Crippen molar-refractivity contribution < 1.29 is 24.2 Å². The molecule has 0 saturated heterocycles. The van der Waals surface area contributed by atoms with Gasteiger partial charge in [0.1, 0.15) is 5.75 Å². The molecule has 0 fully saturated rings. The van der Waals surface area contributed by atoms with Crippen LogP contribution in [0, 0.1) is 0 Å². The third kappa shape index (κ3) is 3.17. The lowest BCUT2D eigenvalue weighted by atomic mass is 10.1. The number of rotatable bonds is 4. The average molecular weight is 323 g/mol. The minimum absolute atomic E-state index is 0.156. The van der Waals surface area contributed by atoms with Crippen molar-refractivity contribution in [2.24, 2.45) is 4.99 Å². The fraction of sp³-hybridized carbons (Fsp3) is 0.0556. The van der Waals surface area contributed by atoms with Gasteiger partial charge in [-0.05, 0) is 48.0 Å². The molecule has 6 nitrogen and oxygen atoms in total. The van der Waals surface area contributed by atoms with Gasteiger partial charge in [-0.2, -0.15) is 0 Å². The maximum atomic E-state index is 11.9. The van der Waals surface area contributed by atoms with E-state index in [1.807, 2.05) is 0 Å². The molecule has 2 aromatic carbocycles. The predicted molar refractivity (Wildman–Crippen MR) is 87.0 cm³/mol. The summed E-state index contributed by atoms with van der Waals surface area (Å²) in [4.78, 5) is 27.0. The number of aromatic carboxylic acids is 1. The van der Waals surface area contributed by atoms with E-state index < -0.39 is 11.9 Å². The lowest BCUT2D eigenvalue weighted by Crippen LogP contribution is -2.05. The van der Waals surface area contributed by atoms with Crippen LogP contribution in [0.3, 0.4) is 0 Å². The van der Waals surface area contributed by atoms with Gasteiger partial charge < -0.3 is 14.6 Å². The lowest BCUT2D eigenvalue weighted by Gasteiger charge is -2.01. The molecule has 120 valence electrons. The van der Waals surface area contributed by atoms with Gasteiger partial charge in [-0.1, -0.05) is 12.1 Å². The second-order valence-electron chi connectivity index (χ2n) is 4.99. The molecule has 24 heavy (non-hydrogen) atoms. The zero-order valence-corrected chi connectivity index (χ0v) is 12.7. The number of nitrogens with zero attached hydrogens (tertiary/aromatic N) is 1. The molecular formula is C18H13NO5. The Hall–Kier alpha value is -3.41. The minimum Gasteiger partial charge on any atom is -0.497 e. The van der Waals surface area contributed by atoms with E-state index in [1.54, 1.807) is 49.6 Å². The zero-order chi connectivity index (χ0) is 17.1. The van der Waals surface area contributed by atoms with Crippen molar-refractivity contribution in [2.75, 3.05) is 7.11 Å². The lowest BCUT2D eigenvalue weighted by molar-refractivity contribution is -0.129. The zero-order valence-electron chi connectivity index (χ0n) is 12.7. The van der Waals surface area contributed by atoms with Crippen molar-refractivity contribution in [3.8, 4) is 5.75 Å². The molecule has 1 aliphatic heterocycles. The van der Waals surface area contributed by atoms with E-state index in [4.69, 9.17) is 14.6 Å². The first-order chi connectivity index (χ1) is 11.6. The van der Waals surface area contributed by atoms with Crippen LogP contribution in [0.1, 0.15) is 21.5 Å². The molecule has 0 unspecified atom stereocenters. The molecule has 3 rings (SSSR count). The second kappa shape index (κ2) is 6.37. The van der Waals surface area contributed by atoms with Gasteiger partial charge in [-0.3, -0.25) is 0 Å². The van der Waals surface area contributed by atoms with Gasteiger partial charge >= 0.3 is 11.9 Å². The van der Waals surface area contributed by atoms with Crippen molar-refractivity contribution in [2.45, 2.75) is 0 Å². The smallest absolute Gasteiger partial charge is 0.363 e. The average Bonchev–Trinajstić information content (AvgIpc) is 2.96. The number of ether oxygens (including phenoxy) is 2. The monoisotopic (exact) mass is 323 g/mol. The predicted octanol–water partition coefficient (Wildman–Crippen LogP) is 2.74. The molecule has 0 spiro atoms. The number of carbonyl (C=O) groups excluding carboxylic acids is 1. The maximum Gasteiger partial charge on any atom is 0.363 e. The number of cyclic esters (lactones) is 1. The molecule has 2 aromatic rings. The van der Waals surface area contributed by atoms with Crippen LogP contribution < -0.4 is 4.74 Å². The highest BCUT2D eigenvalue weighted by Crippen LogP contribution is 2.21. The molecule has 0 aromatic heterocycles. The quantitative estimate of drug-likeness (QED) is 0.691. The molecule has 1 heterocycles. The second-order valence-corrected chi connectivity index (χ2v) is 4.99. The van der Waals surface area contributed by atoms with Gasteiger partial charge in [0.25, 0.3) is 0 Å². The highest BCUT2D eigenvalue weighted by Gasteiger charge is 2.24. The van der Waals surface area contributed by atoms with Gasteiger partial charge in [-0.15, -0.1) is 0 Å². The van der Waals surface area contributed by atoms with Crippen LogP contribution in [0.2, 0.25) is 0 Å². The minimum atomic E-state index is -1.01. The molecule has 0 radical (unpaired) electrons. The topological polar surface area (TPSA) is 85.2 Å². The number of aliphatic imine (C=N–C) groups is 1. The highest BCUT2D eigenvalue weighted by atomic mass is 16.6. The maximum absolute atomic E-state index is 11.9. The van der Waals surface area contributed by atoms with E-state index in [9.17, 15) is 9.59 Å². The number of benzene rings is 2. The van der Waals surface area contributed by atoms with Crippen LogP contribution in [0.25, 0.3) is 6.08 Å². The Morgan fingerprint density at radius 1 is 1.12 bits per heavy atom. The Morgan fingerprint density at radius 2 is 1.79 bits per heavy atom. The van der Waals surface area contributed by atoms with Crippen LogP contribution in [-0.4, -0.2) is 30.1 Å². The first-order valence-electron chi connectivity index (χ1n) is 7.07. The van der Waals surface area contributed by atoms with Crippen LogP contribution in [-0.2, 0) is 9.53 Å². The van der Waals surface area contributed by atoms with Crippen LogP contribution in [0.5, 0.6) is 5.75 Å². The summed E-state index contributed by atoms with van der Waals surface area (Å²) < 4.78 is 10.3. The Bertz CT molecular complexity index is 848. The van der Waals surface area contributed by atoms with Gasteiger partial charge in [0, 0.05) is 5.56 Å². The van der Waals surface area contributed by atoms with Crippen LogP contribution in [0.15, 0.2) is 59.2 Å².